The van der Waals surface area contributed by atoms with Crippen molar-refractivity contribution in [3.63, 3.8) is 0 Å². The summed E-state index contributed by atoms with van der Waals surface area (Å²) >= 11 is 0. The number of hydrogen-bond donors (Lipinski definition) is 2. The molecule has 0 aromatic heterocycles. The lowest BCUT2D eigenvalue weighted by Gasteiger charge is -2.32. The van der Waals surface area contributed by atoms with Gasteiger partial charge in [-0.2, -0.15) is 0 Å². The van der Waals surface area contributed by atoms with Gasteiger partial charge in [0, 0.05) is 33.2 Å². The second kappa shape index (κ2) is 3.92. The van der Waals surface area contributed by atoms with Gasteiger partial charge < -0.3 is 10.6 Å². The molecule has 0 aliphatic carbocycles. The van der Waals surface area contributed by atoms with Crippen LogP contribution in [0, 0.1) is 0 Å². The average molecular weight is 186 g/mol. The highest BCUT2D eigenvalue weighted by atomic mass is 15.5. The Balaban J connectivity index is 2.62. The molecule has 0 aromatic rings. The lowest BCUT2D eigenvalue weighted by Crippen LogP contribution is -2.57. The van der Waals surface area contributed by atoms with E-state index in [0.29, 0.717) is 12.6 Å². The molecule has 1 heterocycles. The minimum absolute atomic E-state index is 0.0810. The van der Waals surface area contributed by atoms with Gasteiger partial charge in [-0.15, -0.1) is 0 Å². The van der Waals surface area contributed by atoms with Crippen molar-refractivity contribution >= 4 is 0 Å². The third kappa shape index (κ3) is 2.40. The zero-order chi connectivity index (χ0) is 10.1. The van der Waals surface area contributed by atoms with E-state index in [1.807, 2.05) is 19.1 Å². The predicted octanol–water partition coefficient (Wildman–Crippen LogP) is -0.526. The molecular weight excluding hydrogens is 164 g/mol. The molecule has 2 unspecified atom stereocenters. The number of nitrogens with two attached hydrogens (primary N) is 1. The Labute approximate surface area is 81.0 Å². The zero-order valence-corrected chi connectivity index (χ0v) is 9.17. The number of hydrazine groups is 1. The van der Waals surface area contributed by atoms with Crippen molar-refractivity contribution in [2.75, 3.05) is 34.2 Å². The Morgan fingerprint density at radius 1 is 1.62 bits per heavy atom. The van der Waals surface area contributed by atoms with Crippen LogP contribution in [0.5, 0.6) is 0 Å². The molecule has 4 heteroatoms. The van der Waals surface area contributed by atoms with Crippen molar-refractivity contribution in [3.8, 4) is 0 Å². The maximum Gasteiger partial charge on any atom is 0.0589 e. The van der Waals surface area contributed by atoms with Gasteiger partial charge in [0.1, 0.15) is 0 Å². The van der Waals surface area contributed by atoms with Crippen LogP contribution in [-0.4, -0.2) is 55.7 Å². The van der Waals surface area contributed by atoms with Gasteiger partial charge in [-0.05, 0) is 20.4 Å². The van der Waals surface area contributed by atoms with E-state index in [0.717, 1.165) is 13.0 Å². The summed E-state index contributed by atoms with van der Waals surface area (Å²) in [5, 5.41) is 2.00. The molecule has 0 spiro atoms. The molecular formula is C9H22N4. The molecule has 2 atom stereocenters. The first kappa shape index (κ1) is 10.9. The molecule has 0 saturated carbocycles. The Morgan fingerprint density at radius 2 is 2.23 bits per heavy atom. The highest BCUT2D eigenvalue weighted by Crippen LogP contribution is 2.24. The van der Waals surface area contributed by atoms with Crippen LogP contribution in [0.1, 0.15) is 13.3 Å². The van der Waals surface area contributed by atoms with Crippen LogP contribution in [0.25, 0.3) is 0 Å². The van der Waals surface area contributed by atoms with Gasteiger partial charge in [-0.1, -0.05) is 0 Å². The number of nitrogens with zero attached hydrogens (tertiary/aromatic N) is 2. The normalized spacial score (nSPS) is 36.0. The minimum atomic E-state index is 0.0810. The first-order valence-electron chi connectivity index (χ1n) is 4.84. The predicted molar refractivity (Wildman–Crippen MR) is 55.3 cm³/mol. The van der Waals surface area contributed by atoms with Crippen molar-refractivity contribution in [3.05, 3.63) is 0 Å². The fourth-order valence-corrected chi connectivity index (χ4v) is 2.17. The van der Waals surface area contributed by atoms with Crippen LogP contribution in [0.4, 0.5) is 0 Å². The summed E-state index contributed by atoms with van der Waals surface area (Å²) in [6.07, 6.45) is 1.12. The van der Waals surface area contributed by atoms with E-state index in [1.165, 1.54) is 0 Å². The first-order chi connectivity index (χ1) is 5.99. The molecule has 1 rings (SSSR count). The third-order valence-corrected chi connectivity index (χ3v) is 2.84. The van der Waals surface area contributed by atoms with Crippen molar-refractivity contribution in [1.82, 2.24) is 15.3 Å². The molecule has 0 bridgehead atoms. The van der Waals surface area contributed by atoms with Gasteiger partial charge in [0.2, 0.25) is 0 Å². The molecule has 1 saturated heterocycles. The van der Waals surface area contributed by atoms with Crippen LogP contribution in [0.3, 0.4) is 0 Å². The Morgan fingerprint density at radius 3 is 2.54 bits per heavy atom. The standard InChI is InChI=1S/C9H22N4/c1-8-5-9(6-10,7-13(8)4)11-12(2)3/h8,11H,5-7,10H2,1-4H3. The van der Waals surface area contributed by atoms with Gasteiger partial charge in [0.15, 0.2) is 0 Å². The lowest BCUT2D eigenvalue weighted by molar-refractivity contribution is 0.166. The topological polar surface area (TPSA) is 44.5 Å². The second-order valence-electron chi connectivity index (χ2n) is 4.46. The van der Waals surface area contributed by atoms with Crippen LogP contribution in [-0.2, 0) is 0 Å². The van der Waals surface area contributed by atoms with E-state index in [1.54, 1.807) is 0 Å². The van der Waals surface area contributed by atoms with Crippen LogP contribution in [0.2, 0.25) is 0 Å². The SMILES string of the molecule is CC1CC(CN)(NN(C)C)CN1C. The molecule has 0 amide bonds. The molecule has 78 valence electrons. The van der Waals surface area contributed by atoms with Crippen molar-refractivity contribution in [2.45, 2.75) is 24.9 Å². The van der Waals surface area contributed by atoms with E-state index in [-0.39, 0.29) is 5.54 Å². The van der Waals surface area contributed by atoms with E-state index < -0.39 is 0 Å². The molecule has 0 radical (unpaired) electrons. The summed E-state index contributed by atoms with van der Waals surface area (Å²) in [7, 11) is 6.18. The largest absolute Gasteiger partial charge is 0.329 e. The van der Waals surface area contributed by atoms with Gasteiger partial charge in [0.05, 0.1) is 5.54 Å². The van der Waals surface area contributed by atoms with Crippen molar-refractivity contribution < 1.29 is 0 Å². The third-order valence-electron chi connectivity index (χ3n) is 2.84. The minimum Gasteiger partial charge on any atom is -0.329 e. The van der Waals surface area contributed by atoms with Gasteiger partial charge >= 0.3 is 0 Å². The lowest BCUT2D eigenvalue weighted by atomic mass is 9.97. The number of likely N-dealkylation sites (N-methyl/N-ethyl adjacent to an activating group) is 1. The maximum atomic E-state index is 5.83. The van der Waals surface area contributed by atoms with Crippen LogP contribution >= 0.6 is 0 Å². The van der Waals surface area contributed by atoms with Crippen molar-refractivity contribution in [1.29, 1.82) is 0 Å². The zero-order valence-electron chi connectivity index (χ0n) is 9.17. The molecule has 13 heavy (non-hydrogen) atoms. The summed E-state index contributed by atoms with van der Waals surface area (Å²) in [5.41, 5.74) is 9.34. The monoisotopic (exact) mass is 186 g/mol. The van der Waals surface area contributed by atoms with E-state index in [4.69, 9.17) is 5.73 Å². The van der Waals surface area contributed by atoms with Gasteiger partial charge in [0.25, 0.3) is 0 Å². The summed E-state index contributed by atoms with van der Waals surface area (Å²) in [5.74, 6) is 0. The fourth-order valence-electron chi connectivity index (χ4n) is 2.17. The van der Waals surface area contributed by atoms with Crippen LogP contribution in [0.15, 0.2) is 0 Å². The number of likely N-dealkylation sites (tertiary alicyclic amines) is 1. The van der Waals surface area contributed by atoms with Crippen LogP contribution < -0.4 is 11.2 Å². The van der Waals surface area contributed by atoms with E-state index in [2.05, 4.69) is 24.3 Å². The summed E-state index contributed by atoms with van der Waals surface area (Å²) in [6, 6.07) is 0.621. The van der Waals surface area contributed by atoms with E-state index in [9.17, 15) is 0 Å². The number of rotatable bonds is 3. The Kier molecular flexibility index (Phi) is 3.29. The molecule has 4 nitrogen and oxygen atoms in total. The quantitative estimate of drug-likeness (QED) is 0.582. The number of hydrogen-bond acceptors (Lipinski definition) is 4. The molecule has 3 N–H and O–H groups in total. The molecule has 0 aromatic carbocycles. The Hall–Kier alpha value is -0.160. The Bertz CT molecular complexity index is 153. The second-order valence-corrected chi connectivity index (χ2v) is 4.46. The van der Waals surface area contributed by atoms with Gasteiger partial charge in [-0.3, -0.25) is 0 Å². The van der Waals surface area contributed by atoms with Gasteiger partial charge in [-0.25, -0.2) is 10.4 Å². The average Bonchev–Trinajstić information content (AvgIpc) is 2.27. The fraction of sp³-hybridized carbons (Fsp3) is 1.00. The maximum absolute atomic E-state index is 5.83. The summed E-state index contributed by atoms with van der Waals surface area (Å²) in [4.78, 5) is 2.35. The molecule has 1 aliphatic rings. The molecule has 1 aliphatic heterocycles. The highest BCUT2D eigenvalue weighted by molar-refractivity contribution is 4.99. The highest BCUT2D eigenvalue weighted by Gasteiger charge is 2.39. The summed E-state index contributed by atoms with van der Waals surface area (Å²) in [6.45, 7) is 3.97. The molecule has 1 fully saturated rings. The summed E-state index contributed by atoms with van der Waals surface area (Å²) < 4.78 is 0. The first-order valence-corrected chi connectivity index (χ1v) is 4.84. The smallest absolute Gasteiger partial charge is 0.0589 e. The van der Waals surface area contributed by atoms with Crippen molar-refractivity contribution in [2.24, 2.45) is 5.73 Å². The van der Waals surface area contributed by atoms with E-state index >= 15 is 0 Å². The number of nitrogens with one attached hydrogen (secondary N) is 1.